The molecule has 1 aromatic rings. The van der Waals surface area contributed by atoms with Crippen LogP contribution in [0.5, 0.6) is 11.5 Å². The fourth-order valence-corrected chi connectivity index (χ4v) is 2.28. The second kappa shape index (κ2) is 6.09. The number of hydrogen-bond acceptors (Lipinski definition) is 6. The summed E-state index contributed by atoms with van der Waals surface area (Å²) < 4.78 is 15.6. The van der Waals surface area contributed by atoms with E-state index in [0.717, 1.165) is 0 Å². The summed E-state index contributed by atoms with van der Waals surface area (Å²) in [6.45, 7) is 2.90. The van der Waals surface area contributed by atoms with Gasteiger partial charge in [0.25, 0.3) is 0 Å². The summed E-state index contributed by atoms with van der Waals surface area (Å²) in [7, 11) is 1.46. The third kappa shape index (κ3) is 3.49. The quantitative estimate of drug-likeness (QED) is 0.474. The molecule has 1 aromatic carbocycles. The smallest absolute Gasteiger partial charge is 0.363 e. The minimum Gasteiger partial charge on any atom is -0.493 e. The van der Waals surface area contributed by atoms with Crippen molar-refractivity contribution in [1.29, 1.82) is 0 Å². The summed E-state index contributed by atoms with van der Waals surface area (Å²) in [5.74, 6) is -0.0283. The normalized spacial score (nSPS) is 15.7. The van der Waals surface area contributed by atoms with E-state index in [0.29, 0.717) is 21.7 Å². The lowest BCUT2D eigenvalue weighted by atomic mass is 10.1. The molecule has 21 heavy (non-hydrogen) atoms. The van der Waals surface area contributed by atoms with Gasteiger partial charge in [-0.25, -0.2) is 9.79 Å². The van der Waals surface area contributed by atoms with Gasteiger partial charge in [-0.3, -0.25) is 4.79 Å². The first kappa shape index (κ1) is 15.2. The molecular weight excluding hydrogens is 342 g/mol. The van der Waals surface area contributed by atoms with Crippen molar-refractivity contribution >= 4 is 39.8 Å². The van der Waals surface area contributed by atoms with E-state index in [9.17, 15) is 9.59 Å². The van der Waals surface area contributed by atoms with Gasteiger partial charge in [0.15, 0.2) is 23.1 Å². The molecule has 110 valence electrons. The maximum Gasteiger partial charge on any atom is 0.363 e. The van der Waals surface area contributed by atoms with Gasteiger partial charge in [0.1, 0.15) is 0 Å². The van der Waals surface area contributed by atoms with Gasteiger partial charge in [0.2, 0.25) is 0 Å². The summed E-state index contributed by atoms with van der Waals surface area (Å²) in [4.78, 5) is 26.6. The average Bonchev–Trinajstić information content (AvgIpc) is 2.70. The number of nitrogens with zero attached hydrogens (tertiary/aromatic N) is 1. The number of ether oxygens (including phenoxy) is 3. The molecule has 0 aromatic heterocycles. The zero-order chi connectivity index (χ0) is 15.6. The van der Waals surface area contributed by atoms with Crippen molar-refractivity contribution in [2.45, 2.75) is 13.8 Å². The lowest BCUT2D eigenvalue weighted by molar-refractivity contribution is -0.132. The highest BCUT2D eigenvalue weighted by atomic mass is 79.9. The van der Waals surface area contributed by atoms with Crippen LogP contribution < -0.4 is 9.47 Å². The summed E-state index contributed by atoms with van der Waals surface area (Å²) in [6, 6.07) is 3.32. The van der Waals surface area contributed by atoms with E-state index in [1.807, 2.05) is 0 Å². The molecule has 7 heteroatoms. The van der Waals surface area contributed by atoms with Gasteiger partial charge in [-0.2, -0.15) is 0 Å². The molecule has 2 rings (SSSR count). The van der Waals surface area contributed by atoms with E-state index in [-0.39, 0.29) is 11.4 Å². The SMILES string of the molecule is COc1cc(C=C2N=C(C)OC2=O)cc(Br)c1OC(C)=O. The van der Waals surface area contributed by atoms with E-state index in [4.69, 9.17) is 14.2 Å². The van der Waals surface area contributed by atoms with Crippen molar-refractivity contribution in [2.24, 2.45) is 4.99 Å². The van der Waals surface area contributed by atoms with Crippen LogP contribution in [0, 0.1) is 0 Å². The second-order valence-corrected chi connectivity index (χ2v) is 5.03. The number of benzene rings is 1. The molecule has 0 atom stereocenters. The Morgan fingerprint density at radius 2 is 2.14 bits per heavy atom. The monoisotopic (exact) mass is 353 g/mol. The average molecular weight is 354 g/mol. The third-order valence-electron chi connectivity index (χ3n) is 2.53. The number of cyclic esters (lactones) is 1. The molecule has 1 heterocycles. The number of hydrogen-bond donors (Lipinski definition) is 0. The van der Waals surface area contributed by atoms with Gasteiger partial charge in [-0.05, 0) is 39.7 Å². The van der Waals surface area contributed by atoms with Crippen molar-refractivity contribution in [3.05, 3.63) is 27.9 Å². The van der Waals surface area contributed by atoms with Crippen molar-refractivity contribution in [3.8, 4) is 11.5 Å². The first-order valence-electron chi connectivity index (χ1n) is 5.96. The highest BCUT2D eigenvalue weighted by Crippen LogP contribution is 2.37. The standard InChI is InChI=1S/C14H12BrNO5/c1-7-16-11(14(18)20-7)5-9-4-10(15)13(21-8(2)17)12(6-9)19-3/h4-6H,1-3H3. The summed E-state index contributed by atoms with van der Waals surface area (Å²) in [5, 5.41) is 0. The Morgan fingerprint density at radius 1 is 1.43 bits per heavy atom. The molecule has 1 aliphatic heterocycles. The maximum atomic E-state index is 11.5. The molecule has 0 spiro atoms. The molecule has 6 nitrogen and oxygen atoms in total. The second-order valence-electron chi connectivity index (χ2n) is 4.18. The molecule has 0 aliphatic carbocycles. The minimum atomic E-state index is -0.508. The number of rotatable bonds is 3. The Bertz CT molecular complexity index is 678. The van der Waals surface area contributed by atoms with Crippen LogP contribution in [0.15, 0.2) is 27.3 Å². The molecule has 0 amide bonds. The van der Waals surface area contributed by atoms with Crippen LogP contribution in [0.3, 0.4) is 0 Å². The number of carbonyl (C=O) groups is 2. The molecular formula is C14H12BrNO5. The van der Waals surface area contributed by atoms with Crippen LogP contribution in [0.2, 0.25) is 0 Å². The summed E-state index contributed by atoms with van der Waals surface area (Å²) in [6.07, 6.45) is 1.56. The first-order valence-corrected chi connectivity index (χ1v) is 6.75. The zero-order valence-electron chi connectivity index (χ0n) is 11.6. The number of methoxy groups -OCH3 is 1. The third-order valence-corrected chi connectivity index (χ3v) is 3.12. The van der Waals surface area contributed by atoms with Gasteiger partial charge < -0.3 is 14.2 Å². The van der Waals surface area contributed by atoms with Crippen LogP contribution in [0.4, 0.5) is 0 Å². The van der Waals surface area contributed by atoms with Crippen LogP contribution in [0.25, 0.3) is 6.08 Å². The van der Waals surface area contributed by atoms with E-state index < -0.39 is 11.9 Å². The van der Waals surface area contributed by atoms with Crippen molar-refractivity contribution < 1.29 is 23.8 Å². The number of esters is 2. The zero-order valence-corrected chi connectivity index (χ0v) is 13.2. The van der Waals surface area contributed by atoms with E-state index in [1.165, 1.54) is 14.0 Å². The summed E-state index contributed by atoms with van der Waals surface area (Å²) in [5.41, 5.74) is 0.849. The number of carbonyl (C=O) groups excluding carboxylic acids is 2. The highest BCUT2D eigenvalue weighted by Gasteiger charge is 2.20. The Labute approximate surface area is 129 Å². The van der Waals surface area contributed by atoms with Crippen LogP contribution >= 0.6 is 15.9 Å². The molecule has 0 N–H and O–H groups in total. The van der Waals surface area contributed by atoms with Crippen molar-refractivity contribution in [2.75, 3.05) is 7.11 Å². The predicted molar refractivity (Wildman–Crippen MR) is 79.2 cm³/mol. The summed E-state index contributed by atoms with van der Waals surface area (Å²) >= 11 is 3.31. The molecule has 1 aliphatic rings. The maximum absolute atomic E-state index is 11.5. The lowest BCUT2D eigenvalue weighted by Crippen LogP contribution is -2.04. The first-order chi connectivity index (χ1) is 9.90. The Hall–Kier alpha value is -2.15. The molecule has 0 saturated heterocycles. The van der Waals surface area contributed by atoms with Crippen LogP contribution in [-0.4, -0.2) is 24.9 Å². The van der Waals surface area contributed by atoms with Gasteiger partial charge in [0.05, 0.1) is 11.6 Å². The highest BCUT2D eigenvalue weighted by molar-refractivity contribution is 9.10. The lowest BCUT2D eigenvalue weighted by Gasteiger charge is -2.11. The molecule has 0 radical (unpaired) electrons. The van der Waals surface area contributed by atoms with E-state index >= 15 is 0 Å². The van der Waals surface area contributed by atoms with Gasteiger partial charge in [-0.1, -0.05) is 0 Å². The largest absolute Gasteiger partial charge is 0.493 e. The predicted octanol–water partition coefficient (Wildman–Crippen LogP) is 2.70. The van der Waals surface area contributed by atoms with Crippen LogP contribution in [0.1, 0.15) is 19.4 Å². The Morgan fingerprint density at radius 3 is 2.67 bits per heavy atom. The Kier molecular flexibility index (Phi) is 4.42. The number of halogens is 1. The van der Waals surface area contributed by atoms with Crippen LogP contribution in [-0.2, 0) is 14.3 Å². The topological polar surface area (TPSA) is 74.2 Å². The van der Waals surface area contributed by atoms with Gasteiger partial charge in [0, 0.05) is 13.8 Å². The molecule has 0 unspecified atom stereocenters. The fourth-order valence-electron chi connectivity index (χ4n) is 1.74. The molecule has 0 fully saturated rings. The molecule has 0 bridgehead atoms. The van der Waals surface area contributed by atoms with Crippen molar-refractivity contribution in [1.82, 2.24) is 0 Å². The van der Waals surface area contributed by atoms with E-state index in [1.54, 1.807) is 25.1 Å². The minimum absolute atomic E-state index is 0.196. The number of aliphatic imine (C=N–C) groups is 1. The van der Waals surface area contributed by atoms with E-state index in [2.05, 4.69) is 20.9 Å². The van der Waals surface area contributed by atoms with Crippen molar-refractivity contribution in [3.63, 3.8) is 0 Å². The molecule has 0 saturated carbocycles. The van der Waals surface area contributed by atoms with Gasteiger partial charge >= 0.3 is 11.9 Å². The fraction of sp³-hybridized carbons (Fsp3) is 0.214. The Balaban J connectivity index is 2.43. The van der Waals surface area contributed by atoms with Gasteiger partial charge in [-0.15, -0.1) is 0 Å².